The Labute approximate surface area is 119 Å². The molecule has 1 aromatic rings. The maximum Gasteiger partial charge on any atom is 0.272 e. The normalized spacial score (nSPS) is 26.2. The molecule has 4 nitrogen and oxygen atoms in total. The van der Waals surface area contributed by atoms with Crippen LogP contribution in [0, 0.1) is 6.92 Å². The van der Waals surface area contributed by atoms with Gasteiger partial charge in [0, 0.05) is 19.3 Å². The van der Waals surface area contributed by atoms with Crippen LogP contribution in [0.2, 0.25) is 0 Å². The first-order chi connectivity index (χ1) is 9.62. The number of allylic oxidation sites excluding steroid dienone is 2. The van der Waals surface area contributed by atoms with Gasteiger partial charge in [0.25, 0.3) is 5.91 Å². The van der Waals surface area contributed by atoms with Crippen LogP contribution in [-0.2, 0) is 6.54 Å². The highest BCUT2D eigenvalue weighted by molar-refractivity contribution is 5.95. The molecule has 20 heavy (non-hydrogen) atoms. The molecule has 0 bridgehead atoms. The van der Waals surface area contributed by atoms with Gasteiger partial charge in [-0.15, -0.1) is 0 Å². The van der Waals surface area contributed by atoms with Gasteiger partial charge < -0.3 is 9.47 Å². The van der Waals surface area contributed by atoms with Gasteiger partial charge in [0.1, 0.15) is 11.4 Å². The summed E-state index contributed by atoms with van der Waals surface area (Å²) in [5, 5.41) is 3.55. The Hall–Kier alpha value is -1.81. The van der Waals surface area contributed by atoms with E-state index in [4.69, 9.17) is 0 Å². The molecule has 1 fully saturated rings. The third kappa shape index (κ3) is 1.68. The largest absolute Gasteiger partial charge is 0.339 e. The summed E-state index contributed by atoms with van der Waals surface area (Å²) in [5.74, 6) is 0.123. The molecule has 1 amide bonds. The maximum absolute atomic E-state index is 12.8. The number of rotatable bonds is 2. The first-order valence-corrected chi connectivity index (χ1v) is 7.15. The smallest absolute Gasteiger partial charge is 0.272 e. The third-order valence-electron chi connectivity index (χ3n) is 4.25. The van der Waals surface area contributed by atoms with Gasteiger partial charge in [-0.2, -0.15) is 0 Å². The van der Waals surface area contributed by atoms with Gasteiger partial charge in [0.15, 0.2) is 0 Å². The molecule has 0 radical (unpaired) electrons. The quantitative estimate of drug-likeness (QED) is 0.836. The molecule has 3 heterocycles. The summed E-state index contributed by atoms with van der Waals surface area (Å²) in [7, 11) is 0. The summed E-state index contributed by atoms with van der Waals surface area (Å²) >= 11 is 0. The maximum atomic E-state index is 12.8. The molecule has 0 saturated carbocycles. The summed E-state index contributed by atoms with van der Waals surface area (Å²) in [6.07, 6.45) is 8.29. The molecule has 4 heteroatoms. The number of hydrogen-bond acceptors (Lipinski definition) is 2. The minimum atomic E-state index is -0.392. The van der Waals surface area contributed by atoms with E-state index in [1.807, 2.05) is 37.8 Å². The highest BCUT2D eigenvalue weighted by Crippen LogP contribution is 2.35. The van der Waals surface area contributed by atoms with E-state index in [9.17, 15) is 4.79 Å². The van der Waals surface area contributed by atoms with Crippen LogP contribution >= 0.6 is 0 Å². The number of aromatic nitrogens is 1. The number of amides is 1. The van der Waals surface area contributed by atoms with Crippen LogP contribution in [0.4, 0.5) is 0 Å². The van der Waals surface area contributed by atoms with Gasteiger partial charge >= 0.3 is 0 Å². The van der Waals surface area contributed by atoms with E-state index in [0.717, 1.165) is 36.5 Å². The van der Waals surface area contributed by atoms with Gasteiger partial charge in [-0.1, -0.05) is 18.2 Å². The van der Waals surface area contributed by atoms with Crippen molar-refractivity contribution in [3.8, 4) is 0 Å². The van der Waals surface area contributed by atoms with Gasteiger partial charge in [-0.3, -0.25) is 10.1 Å². The number of nitrogens with zero attached hydrogens (tertiary/aromatic N) is 2. The van der Waals surface area contributed by atoms with Gasteiger partial charge in [0.2, 0.25) is 0 Å². The minimum absolute atomic E-state index is 0.123. The molecule has 0 aromatic carbocycles. The average Bonchev–Trinajstić information content (AvgIpc) is 3.00. The fraction of sp³-hybridized carbons (Fsp3) is 0.438. The highest BCUT2D eigenvalue weighted by atomic mass is 16.2. The van der Waals surface area contributed by atoms with Gasteiger partial charge in [-0.05, 0) is 38.0 Å². The van der Waals surface area contributed by atoms with E-state index in [-0.39, 0.29) is 5.91 Å². The van der Waals surface area contributed by atoms with Crippen molar-refractivity contribution in [3.63, 3.8) is 0 Å². The fourth-order valence-corrected chi connectivity index (χ4v) is 3.43. The van der Waals surface area contributed by atoms with Crippen molar-refractivity contribution in [1.82, 2.24) is 14.8 Å². The zero-order valence-electron chi connectivity index (χ0n) is 12.3. The van der Waals surface area contributed by atoms with Crippen molar-refractivity contribution in [2.24, 2.45) is 0 Å². The van der Waals surface area contributed by atoms with Crippen molar-refractivity contribution in [1.29, 1.82) is 0 Å². The second-order valence-corrected chi connectivity index (χ2v) is 5.52. The Morgan fingerprint density at radius 2 is 2.25 bits per heavy atom. The van der Waals surface area contributed by atoms with E-state index in [2.05, 4.69) is 28.2 Å². The van der Waals surface area contributed by atoms with Crippen LogP contribution in [0.5, 0.6) is 0 Å². The lowest BCUT2D eigenvalue weighted by Crippen LogP contribution is -2.60. The van der Waals surface area contributed by atoms with Crippen LogP contribution in [-0.4, -0.2) is 34.1 Å². The molecular formula is C16H21N3O. The predicted molar refractivity (Wildman–Crippen MR) is 79.5 cm³/mol. The number of carbonyl (C=O) groups is 1. The lowest BCUT2D eigenvalue weighted by molar-refractivity contribution is 0.0516. The number of carbonyl (C=O) groups excluding carboxylic acids is 1. The van der Waals surface area contributed by atoms with Crippen LogP contribution in [0.25, 0.3) is 0 Å². The lowest BCUT2D eigenvalue weighted by Gasteiger charge is -2.43. The van der Waals surface area contributed by atoms with E-state index in [1.165, 1.54) is 0 Å². The van der Waals surface area contributed by atoms with Crippen molar-refractivity contribution >= 4 is 5.91 Å². The lowest BCUT2D eigenvalue weighted by atomic mass is 9.95. The third-order valence-corrected chi connectivity index (χ3v) is 4.25. The van der Waals surface area contributed by atoms with Gasteiger partial charge in [0.05, 0.1) is 6.54 Å². The Morgan fingerprint density at radius 1 is 1.45 bits per heavy atom. The number of nitrogens with one attached hydrogen (secondary N) is 1. The van der Waals surface area contributed by atoms with Crippen LogP contribution in [0.1, 0.15) is 29.9 Å². The molecule has 1 N–H and O–H groups in total. The zero-order chi connectivity index (χ0) is 14.3. The molecule has 106 valence electrons. The van der Waals surface area contributed by atoms with Crippen molar-refractivity contribution < 1.29 is 4.79 Å². The zero-order valence-corrected chi connectivity index (χ0v) is 12.3. The molecule has 1 aromatic heterocycles. The van der Waals surface area contributed by atoms with E-state index >= 15 is 0 Å². The Morgan fingerprint density at radius 3 is 2.95 bits per heavy atom. The number of aryl methyl sites for hydroxylation is 1. The summed E-state index contributed by atoms with van der Waals surface area (Å²) in [6, 6.07) is 1.98. The van der Waals surface area contributed by atoms with Gasteiger partial charge in [-0.25, -0.2) is 0 Å². The molecule has 0 aliphatic carbocycles. The monoisotopic (exact) mass is 271 g/mol. The first-order valence-electron chi connectivity index (χ1n) is 7.15. The number of fused-ring (bicyclic) bond motifs is 2. The van der Waals surface area contributed by atoms with Crippen LogP contribution in [0.15, 0.2) is 36.1 Å². The molecular weight excluding hydrogens is 250 g/mol. The standard InChI is InChI=1S/C16H21N3O/c1-4-6-13(5-2)16-11-18-10-12(3)9-14(18)15(20)19(16)8-7-17-16/h4-6,9-10,17H,7-8,11H2,1-3H3/b6-4-,13-5+. The summed E-state index contributed by atoms with van der Waals surface area (Å²) in [5.41, 5.74) is 2.70. The second kappa shape index (κ2) is 4.63. The second-order valence-electron chi connectivity index (χ2n) is 5.52. The molecule has 1 atom stereocenters. The Balaban J connectivity index is 2.13. The Kier molecular flexibility index (Phi) is 3.05. The highest BCUT2D eigenvalue weighted by Gasteiger charge is 2.49. The molecule has 2 aliphatic rings. The fourth-order valence-electron chi connectivity index (χ4n) is 3.43. The van der Waals surface area contributed by atoms with Crippen molar-refractivity contribution in [2.75, 3.05) is 13.1 Å². The summed E-state index contributed by atoms with van der Waals surface area (Å²) in [6.45, 7) is 8.44. The van der Waals surface area contributed by atoms with E-state index in [1.54, 1.807) is 0 Å². The predicted octanol–water partition coefficient (Wildman–Crippen LogP) is 2.07. The SMILES string of the molecule is C/C=C\C(=C/C)C12Cn3cc(C)cc3C(=O)N1CCN2. The number of hydrogen-bond donors (Lipinski definition) is 1. The van der Waals surface area contributed by atoms with Crippen molar-refractivity contribution in [3.05, 3.63) is 47.3 Å². The Bertz CT molecular complexity index is 611. The minimum Gasteiger partial charge on any atom is -0.339 e. The van der Waals surface area contributed by atoms with E-state index < -0.39 is 5.66 Å². The van der Waals surface area contributed by atoms with Crippen LogP contribution in [0.3, 0.4) is 0 Å². The first kappa shape index (κ1) is 13.2. The van der Waals surface area contributed by atoms with Crippen LogP contribution < -0.4 is 5.32 Å². The summed E-state index contributed by atoms with van der Waals surface area (Å²) in [4.78, 5) is 14.7. The topological polar surface area (TPSA) is 37.3 Å². The van der Waals surface area contributed by atoms with E-state index in [0.29, 0.717) is 0 Å². The molecule has 0 spiro atoms. The molecule has 2 aliphatic heterocycles. The molecule has 1 saturated heterocycles. The average molecular weight is 271 g/mol. The van der Waals surface area contributed by atoms with Crippen molar-refractivity contribution in [2.45, 2.75) is 33.0 Å². The molecule has 1 unspecified atom stereocenters. The molecule has 3 rings (SSSR count). The summed E-state index contributed by atoms with van der Waals surface area (Å²) < 4.78 is 2.08.